The highest BCUT2D eigenvalue weighted by Crippen LogP contribution is 2.33. The van der Waals surface area contributed by atoms with Gasteiger partial charge in [-0.1, -0.05) is 0 Å². The van der Waals surface area contributed by atoms with Gasteiger partial charge in [0.25, 0.3) is 0 Å². The van der Waals surface area contributed by atoms with Gasteiger partial charge in [-0.25, -0.2) is 4.79 Å². The lowest BCUT2D eigenvalue weighted by Crippen LogP contribution is -2.31. The van der Waals surface area contributed by atoms with Gasteiger partial charge in [-0.05, 0) is 25.1 Å². The molecule has 1 N–H and O–H groups in total. The maximum absolute atomic E-state index is 12.7. The quantitative estimate of drug-likeness (QED) is 0.898. The van der Waals surface area contributed by atoms with Crippen molar-refractivity contribution in [3.8, 4) is 6.07 Å². The number of carbonyl (C=O) groups is 1. The van der Waals surface area contributed by atoms with Crippen LogP contribution >= 0.6 is 0 Å². The fourth-order valence-electron chi connectivity index (χ4n) is 1.32. The molecule has 1 aromatic carbocycles. The predicted octanol–water partition coefficient (Wildman–Crippen LogP) is 3.06. The molecule has 4 nitrogen and oxygen atoms in total. The van der Waals surface area contributed by atoms with Gasteiger partial charge in [-0.2, -0.15) is 18.4 Å². The van der Waals surface area contributed by atoms with Gasteiger partial charge in [0.15, 0.2) is 0 Å². The molecule has 0 heterocycles. The van der Waals surface area contributed by atoms with Gasteiger partial charge in [0.2, 0.25) is 0 Å². The Balaban J connectivity index is 3.07. The molecule has 0 saturated heterocycles. The van der Waals surface area contributed by atoms with Crippen LogP contribution in [0.15, 0.2) is 18.2 Å². The minimum Gasteiger partial charge on any atom is -0.328 e. The highest BCUT2D eigenvalue weighted by Gasteiger charge is 2.34. The summed E-state index contributed by atoms with van der Waals surface area (Å²) in [5.74, 6) is 0. The van der Waals surface area contributed by atoms with Crippen molar-refractivity contribution in [3.05, 3.63) is 29.3 Å². The molecule has 0 bridgehead atoms. The van der Waals surface area contributed by atoms with Gasteiger partial charge in [-0.15, -0.1) is 0 Å². The molecule has 0 atom stereocenters. The van der Waals surface area contributed by atoms with Crippen LogP contribution in [0.4, 0.5) is 23.7 Å². The maximum Gasteiger partial charge on any atom is 0.417 e. The Labute approximate surface area is 108 Å². The minimum absolute atomic E-state index is 0.00312. The average molecular weight is 271 g/mol. The Morgan fingerprint density at radius 1 is 1.47 bits per heavy atom. The Morgan fingerprint density at radius 2 is 2.11 bits per heavy atom. The molecule has 7 heteroatoms. The summed E-state index contributed by atoms with van der Waals surface area (Å²) in [6.07, 6.45) is -4.64. The van der Waals surface area contributed by atoms with E-state index in [-0.39, 0.29) is 5.69 Å². The molecule has 0 aliphatic rings. The zero-order chi connectivity index (χ0) is 14.6. The maximum atomic E-state index is 12.7. The van der Waals surface area contributed by atoms with Gasteiger partial charge < -0.3 is 10.2 Å². The molecular formula is C12H12F3N3O. The van der Waals surface area contributed by atoms with Gasteiger partial charge in [0.05, 0.1) is 17.2 Å². The molecule has 0 aliphatic heterocycles. The molecule has 0 radical (unpaired) electrons. The smallest absolute Gasteiger partial charge is 0.328 e. The number of halogens is 3. The first-order valence-corrected chi connectivity index (χ1v) is 5.43. The van der Waals surface area contributed by atoms with Crippen LogP contribution in [0.2, 0.25) is 0 Å². The molecular weight excluding hydrogens is 259 g/mol. The van der Waals surface area contributed by atoms with Crippen LogP contribution in [0, 0.1) is 11.3 Å². The number of nitrogens with zero attached hydrogens (tertiary/aromatic N) is 2. The van der Waals surface area contributed by atoms with Crippen molar-refractivity contribution in [1.82, 2.24) is 4.90 Å². The summed E-state index contributed by atoms with van der Waals surface area (Å²) in [4.78, 5) is 12.8. The number of amides is 2. The van der Waals surface area contributed by atoms with Crippen LogP contribution < -0.4 is 5.32 Å². The lowest BCUT2D eigenvalue weighted by atomic mass is 10.1. The monoisotopic (exact) mass is 271 g/mol. The highest BCUT2D eigenvalue weighted by atomic mass is 19.4. The second-order valence-electron chi connectivity index (χ2n) is 3.81. The fourth-order valence-corrected chi connectivity index (χ4v) is 1.32. The van der Waals surface area contributed by atoms with E-state index in [1.165, 1.54) is 24.1 Å². The van der Waals surface area contributed by atoms with Gasteiger partial charge in [-0.3, -0.25) is 0 Å². The fraction of sp³-hybridized carbons (Fsp3) is 0.333. The first kappa shape index (κ1) is 14.8. The number of nitrogens with one attached hydrogen (secondary N) is 1. The van der Waals surface area contributed by atoms with Crippen molar-refractivity contribution in [2.24, 2.45) is 0 Å². The summed E-state index contributed by atoms with van der Waals surface area (Å²) in [7, 11) is 1.52. The first-order chi connectivity index (χ1) is 8.79. The van der Waals surface area contributed by atoms with E-state index in [1.807, 2.05) is 0 Å². The van der Waals surface area contributed by atoms with E-state index < -0.39 is 23.3 Å². The predicted molar refractivity (Wildman–Crippen MR) is 63.5 cm³/mol. The minimum atomic E-state index is -4.64. The van der Waals surface area contributed by atoms with Gasteiger partial charge >= 0.3 is 12.2 Å². The Kier molecular flexibility index (Phi) is 4.38. The zero-order valence-electron chi connectivity index (χ0n) is 10.4. The van der Waals surface area contributed by atoms with E-state index in [1.54, 1.807) is 6.92 Å². The Bertz CT molecular complexity index is 520. The number of hydrogen-bond acceptors (Lipinski definition) is 2. The van der Waals surface area contributed by atoms with Crippen LogP contribution in [0.25, 0.3) is 0 Å². The van der Waals surface area contributed by atoms with Crippen molar-refractivity contribution >= 4 is 11.7 Å². The first-order valence-electron chi connectivity index (χ1n) is 5.43. The zero-order valence-corrected chi connectivity index (χ0v) is 10.4. The molecule has 19 heavy (non-hydrogen) atoms. The second kappa shape index (κ2) is 5.61. The number of carbonyl (C=O) groups excluding carboxylic acids is 1. The lowest BCUT2D eigenvalue weighted by molar-refractivity contribution is -0.137. The summed E-state index contributed by atoms with van der Waals surface area (Å²) < 4.78 is 38.1. The highest BCUT2D eigenvalue weighted by molar-refractivity contribution is 5.89. The van der Waals surface area contributed by atoms with E-state index in [9.17, 15) is 18.0 Å². The molecule has 0 aliphatic carbocycles. The van der Waals surface area contributed by atoms with Crippen LogP contribution in [0.5, 0.6) is 0 Å². The molecule has 0 unspecified atom stereocenters. The SMILES string of the molecule is CCN(C)C(=O)Nc1ccc(C#N)c(C(F)(F)F)c1. The number of hydrogen-bond donors (Lipinski definition) is 1. The van der Waals surface area contributed by atoms with Crippen molar-refractivity contribution in [2.75, 3.05) is 18.9 Å². The standard InChI is InChI=1S/C12H12F3N3O/c1-3-18(2)11(19)17-9-5-4-8(7-16)10(6-9)12(13,14)15/h4-6H,3H2,1-2H3,(H,17,19). The largest absolute Gasteiger partial charge is 0.417 e. The third-order valence-electron chi connectivity index (χ3n) is 2.52. The van der Waals surface area contributed by atoms with Crippen molar-refractivity contribution in [3.63, 3.8) is 0 Å². The summed E-state index contributed by atoms with van der Waals surface area (Å²) in [6.45, 7) is 2.16. The molecule has 102 valence electrons. The second-order valence-corrected chi connectivity index (χ2v) is 3.81. The van der Waals surface area contributed by atoms with E-state index in [2.05, 4.69) is 5.32 Å². The molecule has 2 amide bonds. The lowest BCUT2D eigenvalue weighted by Gasteiger charge is -2.16. The van der Waals surface area contributed by atoms with Gasteiger partial charge in [0.1, 0.15) is 0 Å². The number of rotatable bonds is 2. The van der Waals surface area contributed by atoms with E-state index in [0.29, 0.717) is 6.54 Å². The Morgan fingerprint density at radius 3 is 2.58 bits per heavy atom. The van der Waals surface area contributed by atoms with Crippen LogP contribution in [0.3, 0.4) is 0 Å². The van der Waals surface area contributed by atoms with Crippen molar-refractivity contribution < 1.29 is 18.0 Å². The molecule has 1 aromatic rings. The van der Waals surface area contributed by atoms with Crippen LogP contribution in [0.1, 0.15) is 18.1 Å². The third kappa shape index (κ3) is 3.61. The van der Waals surface area contributed by atoms with Gasteiger partial charge in [0, 0.05) is 19.3 Å². The molecule has 0 fully saturated rings. The van der Waals surface area contributed by atoms with E-state index in [4.69, 9.17) is 5.26 Å². The summed E-state index contributed by atoms with van der Waals surface area (Å²) >= 11 is 0. The van der Waals surface area contributed by atoms with Crippen LogP contribution in [-0.2, 0) is 6.18 Å². The molecule has 1 rings (SSSR count). The molecule has 0 saturated carbocycles. The summed E-state index contributed by atoms with van der Waals surface area (Å²) in [6, 6.07) is 4.00. The number of urea groups is 1. The van der Waals surface area contributed by atoms with Crippen molar-refractivity contribution in [1.29, 1.82) is 5.26 Å². The normalized spacial score (nSPS) is 10.7. The number of alkyl halides is 3. The van der Waals surface area contributed by atoms with E-state index in [0.717, 1.165) is 12.1 Å². The van der Waals surface area contributed by atoms with E-state index >= 15 is 0 Å². The molecule has 0 aromatic heterocycles. The average Bonchev–Trinajstić information content (AvgIpc) is 2.36. The summed E-state index contributed by atoms with van der Waals surface area (Å²) in [5.41, 5.74) is -1.54. The van der Waals surface area contributed by atoms with Crippen molar-refractivity contribution in [2.45, 2.75) is 13.1 Å². The number of anilines is 1. The van der Waals surface area contributed by atoms with Crippen LogP contribution in [-0.4, -0.2) is 24.5 Å². The summed E-state index contributed by atoms with van der Waals surface area (Å²) in [5, 5.41) is 11.0. The number of nitriles is 1. The molecule has 0 spiro atoms. The topological polar surface area (TPSA) is 56.1 Å². The number of benzene rings is 1. The third-order valence-corrected chi connectivity index (χ3v) is 2.52. The Hall–Kier alpha value is -2.23.